The second-order valence-corrected chi connectivity index (χ2v) is 6.83. The first-order valence-electron chi connectivity index (χ1n) is 10.2. The molecule has 0 aliphatic heterocycles. The second-order valence-electron chi connectivity index (χ2n) is 6.83. The Bertz CT molecular complexity index is 1270. The molecule has 4 heterocycles. The Labute approximate surface area is 175 Å². The van der Waals surface area contributed by atoms with E-state index in [1.165, 1.54) is 11.9 Å². The molecule has 0 aliphatic carbocycles. The second kappa shape index (κ2) is 8.32. The number of rotatable bonds is 4. The van der Waals surface area contributed by atoms with Gasteiger partial charge in [-0.3, -0.25) is 4.40 Å². The summed E-state index contributed by atoms with van der Waals surface area (Å²) in [4.78, 5) is 20.8. The molecule has 30 heavy (non-hydrogen) atoms. The van der Waals surface area contributed by atoms with E-state index in [2.05, 4.69) is 67.8 Å². The quantitative estimate of drug-likeness (QED) is 0.435. The van der Waals surface area contributed by atoms with E-state index in [0.29, 0.717) is 11.5 Å². The number of anilines is 1. The van der Waals surface area contributed by atoms with E-state index in [1.54, 1.807) is 6.33 Å². The largest absolute Gasteiger partial charge is 0.360 e. The first kappa shape index (κ1) is 19.6. The van der Waals surface area contributed by atoms with E-state index in [-0.39, 0.29) is 6.04 Å². The molecule has 0 spiro atoms. The van der Waals surface area contributed by atoms with Crippen molar-refractivity contribution < 1.29 is 0 Å². The molecule has 0 saturated heterocycles. The van der Waals surface area contributed by atoms with Gasteiger partial charge >= 0.3 is 0 Å². The molecule has 2 N–H and O–H groups in total. The van der Waals surface area contributed by atoms with E-state index in [9.17, 15) is 0 Å². The predicted octanol–water partition coefficient (Wildman–Crippen LogP) is 5.18. The maximum Gasteiger partial charge on any atom is 0.182 e. The highest BCUT2D eigenvalue weighted by Gasteiger charge is 2.20. The molecular weight excluding hydrogens is 374 g/mol. The minimum absolute atomic E-state index is 0.0717. The number of aromatic nitrogens is 6. The molecule has 0 saturated carbocycles. The van der Waals surface area contributed by atoms with E-state index in [1.807, 2.05) is 38.2 Å². The SMILES string of the molecule is CC.Cc1ccc(-c2c(C(C)Nc3ncnc4nc[nH]c34)nc3ccccn23)cc1. The molecule has 0 amide bonds. The van der Waals surface area contributed by atoms with Crippen LogP contribution >= 0.6 is 0 Å². The Morgan fingerprint density at radius 2 is 1.80 bits per heavy atom. The topological polar surface area (TPSA) is 83.8 Å². The van der Waals surface area contributed by atoms with Gasteiger partial charge in [-0.05, 0) is 26.0 Å². The number of fused-ring (bicyclic) bond motifs is 2. The van der Waals surface area contributed by atoms with Gasteiger partial charge in [0.25, 0.3) is 0 Å². The fraction of sp³-hybridized carbons (Fsp3) is 0.217. The summed E-state index contributed by atoms with van der Waals surface area (Å²) in [5.74, 6) is 0.710. The maximum atomic E-state index is 4.91. The van der Waals surface area contributed by atoms with Crippen LogP contribution in [0.15, 0.2) is 61.3 Å². The van der Waals surface area contributed by atoms with Crippen molar-refractivity contribution in [2.75, 3.05) is 5.32 Å². The van der Waals surface area contributed by atoms with Gasteiger partial charge in [-0.25, -0.2) is 19.9 Å². The first-order chi connectivity index (χ1) is 14.7. The monoisotopic (exact) mass is 399 g/mol. The van der Waals surface area contributed by atoms with Crippen LogP contribution in [0.3, 0.4) is 0 Å². The summed E-state index contributed by atoms with van der Waals surface area (Å²) in [6.07, 6.45) is 5.19. The van der Waals surface area contributed by atoms with Crippen molar-refractivity contribution >= 4 is 22.6 Å². The van der Waals surface area contributed by atoms with Gasteiger partial charge in [0.1, 0.15) is 17.5 Å². The van der Waals surface area contributed by atoms with Crippen molar-refractivity contribution in [1.29, 1.82) is 0 Å². The number of hydrogen-bond acceptors (Lipinski definition) is 5. The normalized spacial score (nSPS) is 11.9. The van der Waals surface area contributed by atoms with Gasteiger partial charge in [-0.1, -0.05) is 49.7 Å². The number of imidazole rings is 2. The van der Waals surface area contributed by atoms with E-state index >= 15 is 0 Å². The number of benzene rings is 1. The number of nitrogens with one attached hydrogen (secondary N) is 2. The fourth-order valence-corrected chi connectivity index (χ4v) is 3.46. The molecule has 5 rings (SSSR count). The van der Waals surface area contributed by atoms with Gasteiger partial charge in [0.2, 0.25) is 0 Å². The third-order valence-electron chi connectivity index (χ3n) is 4.87. The minimum atomic E-state index is -0.0717. The predicted molar refractivity (Wildman–Crippen MR) is 120 cm³/mol. The zero-order valence-electron chi connectivity index (χ0n) is 17.6. The number of pyridine rings is 1. The van der Waals surface area contributed by atoms with Crippen LogP contribution in [0.1, 0.15) is 38.1 Å². The summed E-state index contributed by atoms with van der Waals surface area (Å²) in [7, 11) is 0. The molecule has 5 aromatic rings. The van der Waals surface area contributed by atoms with Crippen molar-refractivity contribution in [2.24, 2.45) is 0 Å². The first-order valence-corrected chi connectivity index (χ1v) is 10.2. The highest BCUT2D eigenvalue weighted by Crippen LogP contribution is 2.31. The van der Waals surface area contributed by atoms with Crippen molar-refractivity contribution in [3.8, 4) is 11.3 Å². The van der Waals surface area contributed by atoms with Crippen molar-refractivity contribution in [3.63, 3.8) is 0 Å². The Morgan fingerprint density at radius 3 is 2.60 bits per heavy atom. The lowest BCUT2D eigenvalue weighted by Crippen LogP contribution is -2.10. The van der Waals surface area contributed by atoms with Crippen LogP contribution in [-0.4, -0.2) is 29.3 Å². The molecule has 0 radical (unpaired) electrons. The zero-order valence-corrected chi connectivity index (χ0v) is 17.6. The van der Waals surface area contributed by atoms with E-state index in [4.69, 9.17) is 4.98 Å². The Hall–Kier alpha value is -3.74. The van der Waals surface area contributed by atoms with Crippen LogP contribution in [0.4, 0.5) is 5.82 Å². The molecule has 152 valence electrons. The lowest BCUT2D eigenvalue weighted by atomic mass is 10.0. The summed E-state index contributed by atoms with van der Waals surface area (Å²) in [5, 5.41) is 3.47. The molecule has 0 bridgehead atoms. The van der Waals surface area contributed by atoms with Gasteiger partial charge in [-0.15, -0.1) is 0 Å². The average molecular weight is 400 g/mol. The van der Waals surface area contributed by atoms with Gasteiger partial charge in [0.05, 0.1) is 23.8 Å². The zero-order chi connectivity index (χ0) is 21.1. The third kappa shape index (κ3) is 3.50. The third-order valence-corrected chi connectivity index (χ3v) is 4.87. The molecule has 1 unspecified atom stereocenters. The minimum Gasteiger partial charge on any atom is -0.360 e. The highest BCUT2D eigenvalue weighted by molar-refractivity contribution is 5.82. The summed E-state index contributed by atoms with van der Waals surface area (Å²) < 4.78 is 2.13. The standard InChI is InChI=1S/C21H19N7.C2H6/c1-13-6-8-15(9-7-13)19-17(27-16-5-3-4-10-28(16)19)14(2)26-21-18-20(23-11-22-18)24-12-25-21;1-2/h3-12,14H,1-2H3,(H2,22,23,24,25,26);1-2H3. The summed E-state index contributed by atoms with van der Waals surface area (Å²) in [5.41, 5.74) is 6.73. The summed E-state index contributed by atoms with van der Waals surface area (Å²) in [6.45, 7) is 8.18. The van der Waals surface area contributed by atoms with E-state index in [0.717, 1.165) is 28.1 Å². The molecule has 0 aliphatic rings. The number of aryl methyl sites for hydroxylation is 1. The van der Waals surface area contributed by atoms with Crippen molar-refractivity contribution in [1.82, 2.24) is 29.3 Å². The Balaban J connectivity index is 0.00000106. The lowest BCUT2D eigenvalue weighted by Gasteiger charge is -2.15. The van der Waals surface area contributed by atoms with Gasteiger partial charge in [0, 0.05) is 11.8 Å². The average Bonchev–Trinajstić information content (AvgIpc) is 3.41. The van der Waals surface area contributed by atoms with Crippen LogP contribution in [-0.2, 0) is 0 Å². The number of H-pyrrole nitrogens is 1. The fourth-order valence-electron chi connectivity index (χ4n) is 3.46. The molecular formula is C23H25N7. The molecule has 7 nitrogen and oxygen atoms in total. The number of aromatic amines is 1. The number of nitrogens with zero attached hydrogens (tertiary/aromatic N) is 5. The van der Waals surface area contributed by atoms with Crippen LogP contribution < -0.4 is 5.32 Å². The summed E-state index contributed by atoms with van der Waals surface area (Å²) >= 11 is 0. The summed E-state index contributed by atoms with van der Waals surface area (Å²) in [6, 6.07) is 14.5. The van der Waals surface area contributed by atoms with Crippen molar-refractivity contribution in [3.05, 3.63) is 72.6 Å². The van der Waals surface area contributed by atoms with Crippen LogP contribution in [0, 0.1) is 6.92 Å². The van der Waals surface area contributed by atoms with Crippen LogP contribution in [0.5, 0.6) is 0 Å². The molecule has 0 fully saturated rings. The number of hydrogen-bond donors (Lipinski definition) is 2. The van der Waals surface area contributed by atoms with Gasteiger partial charge in [-0.2, -0.15) is 0 Å². The Kier molecular flexibility index (Phi) is 5.43. The molecule has 7 heteroatoms. The highest BCUT2D eigenvalue weighted by atomic mass is 15.1. The smallest absolute Gasteiger partial charge is 0.182 e. The van der Waals surface area contributed by atoms with Gasteiger partial charge in [0.15, 0.2) is 11.5 Å². The molecule has 1 aromatic carbocycles. The van der Waals surface area contributed by atoms with E-state index < -0.39 is 0 Å². The Morgan fingerprint density at radius 1 is 1.00 bits per heavy atom. The lowest BCUT2D eigenvalue weighted by molar-refractivity contribution is 0.846. The van der Waals surface area contributed by atoms with Gasteiger partial charge < -0.3 is 10.3 Å². The van der Waals surface area contributed by atoms with Crippen molar-refractivity contribution in [2.45, 2.75) is 33.7 Å². The molecule has 4 aromatic heterocycles. The van der Waals surface area contributed by atoms with Crippen LogP contribution in [0.2, 0.25) is 0 Å². The van der Waals surface area contributed by atoms with Crippen LogP contribution in [0.25, 0.3) is 28.1 Å². The maximum absolute atomic E-state index is 4.91. The molecule has 1 atom stereocenters.